The lowest BCUT2D eigenvalue weighted by Crippen LogP contribution is -2.57. The lowest BCUT2D eigenvalue weighted by atomic mass is 9.90. The van der Waals surface area contributed by atoms with E-state index in [-0.39, 0.29) is 0 Å². The van der Waals surface area contributed by atoms with Crippen LogP contribution < -0.4 is 0 Å². The van der Waals surface area contributed by atoms with Gasteiger partial charge in [-0.05, 0) is 39.5 Å². The van der Waals surface area contributed by atoms with Crippen LogP contribution in [-0.4, -0.2) is 34.7 Å². The number of nitrogens with zero attached hydrogens (tertiary/aromatic N) is 1. The number of hydrogen-bond acceptors (Lipinski definition) is 3. The molecule has 0 amide bonds. The van der Waals surface area contributed by atoms with E-state index in [1.807, 2.05) is 0 Å². The summed E-state index contributed by atoms with van der Waals surface area (Å²) < 4.78 is 31.1. The molecule has 0 heterocycles. The molecule has 0 aromatic carbocycles. The third-order valence-corrected chi connectivity index (χ3v) is 5.10. The van der Waals surface area contributed by atoms with E-state index in [0.717, 1.165) is 0 Å². The Morgan fingerprint density at radius 2 is 1.54 bits per heavy atom. The molecular weight excluding hydrogens is 214 g/mol. The van der Waals surface area contributed by atoms with Gasteiger partial charge in [0.25, 0.3) is 10.1 Å². The van der Waals surface area contributed by atoms with E-state index in [4.69, 9.17) is 16.3 Å². The zero-order chi connectivity index (χ0) is 11.1. The summed E-state index contributed by atoms with van der Waals surface area (Å²) in [7, 11) is -2.58. The minimum atomic E-state index is -4.13. The zero-order valence-electron chi connectivity index (χ0n) is 8.50. The number of halogens is 1. The van der Waals surface area contributed by atoms with Gasteiger partial charge >= 0.3 is 0 Å². The maximum absolute atomic E-state index is 11.1. The van der Waals surface area contributed by atoms with Gasteiger partial charge in [0.15, 0.2) is 0 Å². The van der Waals surface area contributed by atoms with E-state index in [1.165, 1.54) is 18.3 Å². The Balaban J connectivity index is 5.29. The van der Waals surface area contributed by atoms with Gasteiger partial charge in [-0.25, -0.2) is 4.42 Å². The topological polar surface area (TPSA) is 57.6 Å². The fourth-order valence-electron chi connectivity index (χ4n) is 0.687. The van der Waals surface area contributed by atoms with E-state index in [2.05, 4.69) is 0 Å². The summed E-state index contributed by atoms with van der Waals surface area (Å²) in [6.07, 6.45) is 0. The predicted molar refractivity (Wildman–Crippen MR) is 53.3 cm³/mol. The van der Waals surface area contributed by atoms with Crippen LogP contribution in [0.3, 0.4) is 0 Å². The molecule has 13 heavy (non-hydrogen) atoms. The van der Waals surface area contributed by atoms with Crippen LogP contribution in [0.4, 0.5) is 0 Å². The SMILES string of the molecule is CN(Cl)C(C)(C)C(C)(C)S(=O)(=O)O. The Labute approximate surface area is 84.7 Å². The molecule has 0 fully saturated rings. The molecule has 0 aliphatic carbocycles. The standard InChI is InChI=1S/C7H16ClNO3S/c1-6(2,9(5)8)7(3,4)13(10,11)12/h1-5H3,(H,10,11,12). The average molecular weight is 230 g/mol. The minimum Gasteiger partial charge on any atom is -0.285 e. The van der Waals surface area contributed by atoms with Crippen molar-refractivity contribution in [1.82, 2.24) is 4.42 Å². The predicted octanol–water partition coefficient (Wildman–Crippen LogP) is 1.52. The van der Waals surface area contributed by atoms with Crippen LogP contribution in [0.25, 0.3) is 0 Å². The molecule has 4 nitrogen and oxygen atoms in total. The quantitative estimate of drug-likeness (QED) is 0.589. The van der Waals surface area contributed by atoms with Gasteiger partial charge in [-0.1, -0.05) is 0 Å². The minimum absolute atomic E-state index is 0.859. The van der Waals surface area contributed by atoms with Crippen LogP contribution in [0.2, 0.25) is 0 Å². The van der Waals surface area contributed by atoms with Crippen molar-refractivity contribution in [1.29, 1.82) is 0 Å². The molecule has 0 atom stereocenters. The highest BCUT2D eigenvalue weighted by Crippen LogP contribution is 2.34. The Kier molecular flexibility index (Phi) is 3.42. The first-order valence-electron chi connectivity index (χ1n) is 3.81. The molecule has 0 saturated heterocycles. The van der Waals surface area contributed by atoms with Gasteiger partial charge in [0.2, 0.25) is 0 Å². The van der Waals surface area contributed by atoms with Crippen molar-refractivity contribution in [3.05, 3.63) is 0 Å². The van der Waals surface area contributed by atoms with E-state index in [0.29, 0.717) is 0 Å². The number of rotatable bonds is 3. The first kappa shape index (κ1) is 13.2. The van der Waals surface area contributed by atoms with Crippen molar-refractivity contribution < 1.29 is 13.0 Å². The normalized spacial score (nSPS) is 15.1. The highest BCUT2D eigenvalue weighted by molar-refractivity contribution is 7.87. The summed E-state index contributed by atoms with van der Waals surface area (Å²) in [6.45, 7) is 6.16. The van der Waals surface area contributed by atoms with Crippen molar-refractivity contribution >= 4 is 21.9 Å². The van der Waals surface area contributed by atoms with E-state index in [1.54, 1.807) is 20.9 Å². The molecule has 0 aromatic rings. The van der Waals surface area contributed by atoms with Crippen molar-refractivity contribution in [3.63, 3.8) is 0 Å². The Morgan fingerprint density at radius 1 is 1.23 bits per heavy atom. The average Bonchev–Trinajstić information content (AvgIpc) is 1.84. The maximum atomic E-state index is 11.1. The molecule has 1 N–H and O–H groups in total. The first-order chi connectivity index (χ1) is 5.44. The first-order valence-corrected chi connectivity index (χ1v) is 5.59. The van der Waals surface area contributed by atoms with E-state index < -0.39 is 20.4 Å². The van der Waals surface area contributed by atoms with Gasteiger partial charge in [0.05, 0.1) is 5.54 Å². The van der Waals surface area contributed by atoms with Crippen LogP contribution in [-0.2, 0) is 10.1 Å². The third-order valence-electron chi connectivity index (χ3n) is 2.89. The van der Waals surface area contributed by atoms with Crippen molar-refractivity contribution in [2.75, 3.05) is 7.05 Å². The summed E-state index contributed by atoms with van der Waals surface area (Å²) in [6, 6.07) is 0. The van der Waals surface area contributed by atoms with Crippen LogP contribution in [0.1, 0.15) is 27.7 Å². The molecule has 0 aromatic heterocycles. The summed E-state index contributed by atoms with van der Waals surface area (Å²) in [5.41, 5.74) is -0.859. The second-order valence-corrected chi connectivity index (χ2v) is 6.50. The molecule has 0 radical (unpaired) electrons. The Bertz CT molecular complexity index is 282. The van der Waals surface area contributed by atoms with Crippen LogP contribution in [0.5, 0.6) is 0 Å². The lowest BCUT2D eigenvalue weighted by molar-refractivity contribution is 0.206. The summed E-state index contributed by atoms with van der Waals surface area (Å²) in [4.78, 5) is 0. The molecule has 0 saturated carbocycles. The second-order valence-electron chi connectivity index (χ2n) is 4.02. The molecule has 0 rings (SSSR count). The molecule has 0 spiro atoms. The van der Waals surface area contributed by atoms with Gasteiger partial charge < -0.3 is 0 Å². The van der Waals surface area contributed by atoms with Crippen molar-refractivity contribution in [2.24, 2.45) is 0 Å². The molecular formula is C7H16ClNO3S. The zero-order valence-corrected chi connectivity index (χ0v) is 10.1. The fraction of sp³-hybridized carbons (Fsp3) is 1.00. The Hall–Kier alpha value is 0.160. The van der Waals surface area contributed by atoms with Gasteiger partial charge in [-0.2, -0.15) is 8.42 Å². The molecule has 80 valence electrons. The van der Waals surface area contributed by atoms with Gasteiger partial charge in [-0.3, -0.25) is 4.55 Å². The van der Waals surface area contributed by atoms with Gasteiger partial charge in [0, 0.05) is 7.05 Å². The highest BCUT2D eigenvalue weighted by Gasteiger charge is 2.49. The van der Waals surface area contributed by atoms with E-state index >= 15 is 0 Å². The summed E-state index contributed by atoms with van der Waals surface area (Å²) >= 11 is 5.72. The van der Waals surface area contributed by atoms with Crippen LogP contribution in [0.15, 0.2) is 0 Å². The van der Waals surface area contributed by atoms with Gasteiger partial charge in [0.1, 0.15) is 4.75 Å². The van der Waals surface area contributed by atoms with Crippen LogP contribution >= 0.6 is 11.8 Å². The molecule has 0 bridgehead atoms. The van der Waals surface area contributed by atoms with Crippen LogP contribution in [0, 0.1) is 0 Å². The van der Waals surface area contributed by atoms with Gasteiger partial charge in [-0.15, -0.1) is 0 Å². The fourth-order valence-corrected chi connectivity index (χ4v) is 1.72. The second kappa shape index (κ2) is 3.38. The third kappa shape index (κ3) is 2.15. The van der Waals surface area contributed by atoms with E-state index in [9.17, 15) is 8.42 Å². The number of hydrogen-bond donors (Lipinski definition) is 1. The largest absolute Gasteiger partial charge is 0.285 e. The van der Waals surface area contributed by atoms with Crippen molar-refractivity contribution in [2.45, 2.75) is 38.0 Å². The molecule has 0 aliphatic rings. The lowest BCUT2D eigenvalue weighted by Gasteiger charge is -2.41. The monoisotopic (exact) mass is 229 g/mol. The summed E-state index contributed by atoms with van der Waals surface area (Å²) in [5, 5.41) is 0. The summed E-state index contributed by atoms with van der Waals surface area (Å²) in [5.74, 6) is 0. The smallest absolute Gasteiger partial charge is 0.271 e. The molecule has 0 unspecified atom stereocenters. The maximum Gasteiger partial charge on any atom is 0.271 e. The molecule has 0 aliphatic heterocycles. The highest BCUT2D eigenvalue weighted by atomic mass is 35.5. The van der Waals surface area contributed by atoms with Crippen molar-refractivity contribution in [3.8, 4) is 0 Å². The Morgan fingerprint density at radius 3 is 1.62 bits per heavy atom. The molecule has 6 heteroatoms.